The average molecular weight is 212 g/mol. The number of nitrogens with zero attached hydrogens (tertiary/aromatic N) is 2. The molecule has 1 aromatic heterocycles. The van der Waals surface area contributed by atoms with Gasteiger partial charge in [-0.05, 0) is 36.8 Å². The van der Waals surface area contributed by atoms with Crippen molar-refractivity contribution >= 4 is 6.21 Å². The Kier molecular flexibility index (Phi) is 3.28. The highest BCUT2D eigenvalue weighted by Crippen LogP contribution is 2.12. The number of hydrogen-bond donors (Lipinski definition) is 0. The molecule has 0 aliphatic heterocycles. The SMILES string of the molecule is Cc1cccc(O/N=C/c2ccccn2)c1. The van der Waals surface area contributed by atoms with Gasteiger partial charge in [0.2, 0.25) is 0 Å². The fourth-order valence-electron chi connectivity index (χ4n) is 1.27. The molecule has 80 valence electrons. The van der Waals surface area contributed by atoms with Crippen molar-refractivity contribution in [3.05, 3.63) is 59.9 Å². The van der Waals surface area contributed by atoms with E-state index in [0.29, 0.717) is 0 Å². The lowest BCUT2D eigenvalue weighted by Gasteiger charge is -1.98. The summed E-state index contributed by atoms with van der Waals surface area (Å²) >= 11 is 0. The van der Waals surface area contributed by atoms with Crippen molar-refractivity contribution in [3.63, 3.8) is 0 Å². The van der Waals surface area contributed by atoms with E-state index < -0.39 is 0 Å². The molecule has 0 aliphatic rings. The molecule has 3 heteroatoms. The molecule has 0 aliphatic carbocycles. The normalized spacial score (nSPS) is 10.6. The number of rotatable bonds is 3. The van der Waals surface area contributed by atoms with Crippen LogP contribution in [0.25, 0.3) is 0 Å². The van der Waals surface area contributed by atoms with Gasteiger partial charge in [0.1, 0.15) is 0 Å². The Hall–Kier alpha value is -2.16. The highest BCUT2D eigenvalue weighted by Gasteiger charge is 1.91. The molecule has 2 rings (SSSR count). The maximum absolute atomic E-state index is 5.22. The standard InChI is InChI=1S/C13H12N2O/c1-11-5-4-7-13(9-11)16-15-10-12-6-2-3-8-14-12/h2-10H,1H3/b15-10+. The third-order valence-electron chi connectivity index (χ3n) is 2.02. The van der Waals surface area contributed by atoms with Gasteiger partial charge in [-0.3, -0.25) is 4.98 Å². The van der Waals surface area contributed by atoms with E-state index in [4.69, 9.17) is 4.84 Å². The number of aryl methyl sites for hydroxylation is 1. The Morgan fingerprint density at radius 1 is 1.19 bits per heavy atom. The molecule has 0 atom stereocenters. The zero-order valence-corrected chi connectivity index (χ0v) is 9.00. The predicted octanol–water partition coefficient (Wildman–Crippen LogP) is 2.80. The smallest absolute Gasteiger partial charge is 0.158 e. The summed E-state index contributed by atoms with van der Waals surface area (Å²) in [6.07, 6.45) is 3.30. The van der Waals surface area contributed by atoms with Gasteiger partial charge >= 0.3 is 0 Å². The number of oxime groups is 1. The summed E-state index contributed by atoms with van der Waals surface area (Å²) in [5, 5.41) is 3.87. The molecular formula is C13H12N2O. The van der Waals surface area contributed by atoms with Crippen molar-refractivity contribution in [1.82, 2.24) is 4.98 Å². The first-order chi connectivity index (χ1) is 7.84. The zero-order valence-electron chi connectivity index (χ0n) is 9.00. The molecule has 1 heterocycles. The van der Waals surface area contributed by atoms with E-state index in [9.17, 15) is 0 Å². The van der Waals surface area contributed by atoms with Crippen LogP contribution in [0.3, 0.4) is 0 Å². The van der Waals surface area contributed by atoms with Crippen molar-refractivity contribution in [1.29, 1.82) is 0 Å². The third kappa shape index (κ3) is 2.92. The number of aromatic nitrogens is 1. The first-order valence-corrected chi connectivity index (χ1v) is 5.03. The van der Waals surface area contributed by atoms with Gasteiger partial charge in [0.15, 0.2) is 5.75 Å². The summed E-state index contributed by atoms with van der Waals surface area (Å²) < 4.78 is 0. The Bertz CT molecular complexity index is 480. The number of benzene rings is 1. The van der Waals surface area contributed by atoms with E-state index in [1.807, 2.05) is 49.4 Å². The fraction of sp³-hybridized carbons (Fsp3) is 0.0769. The van der Waals surface area contributed by atoms with Gasteiger partial charge in [-0.25, -0.2) is 0 Å². The molecule has 1 aromatic carbocycles. The molecule has 0 saturated heterocycles. The lowest BCUT2D eigenvalue weighted by atomic mass is 10.2. The van der Waals surface area contributed by atoms with Crippen molar-refractivity contribution in [2.75, 3.05) is 0 Å². The highest BCUT2D eigenvalue weighted by molar-refractivity contribution is 5.76. The Balaban J connectivity index is 2.00. The van der Waals surface area contributed by atoms with E-state index in [1.165, 1.54) is 0 Å². The van der Waals surface area contributed by atoms with Crippen molar-refractivity contribution in [2.24, 2.45) is 5.16 Å². The largest absolute Gasteiger partial charge is 0.357 e. The summed E-state index contributed by atoms with van der Waals surface area (Å²) in [5.74, 6) is 0.729. The van der Waals surface area contributed by atoms with E-state index >= 15 is 0 Å². The predicted molar refractivity (Wildman–Crippen MR) is 63.6 cm³/mol. The number of pyridine rings is 1. The quantitative estimate of drug-likeness (QED) is 0.579. The van der Waals surface area contributed by atoms with Gasteiger partial charge in [-0.15, -0.1) is 0 Å². The van der Waals surface area contributed by atoms with Crippen LogP contribution in [0.15, 0.2) is 53.8 Å². The summed E-state index contributed by atoms with van der Waals surface area (Å²) in [7, 11) is 0. The second-order valence-electron chi connectivity index (χ2n) is 3.40. The minimum Gasteiger partial charge on any atom is -0.357 e. The molecule has 0 N–H and O–H groups in total. The highest BCUT2D eigenvalue weighted by atomic mass is 16.6. The minimum absolute atomic E-state index is 0.729. The van der Waals surface area contributed by atoms with E-state index in [1.54, 1.807) is 12.4 Å². The maximum Gasteiger partial charge on any atom is 0.158 e. The fourth-order valence-corrected chi connectivity index (χ4v) is 1.27. The van der Waals surface area contributed by atoms with Crippen LogP contribution in [0.5, 0.6) is 5.75 Å². The molecule has 0 bridgehead atoms. The van der Waals surface area contributed by atoms with E-state index in [2.05, 4.69) is 10.1 Å². The van der Waals surface area contributed by atoms with Gasteiger partial charge < -0.3 is 4.84 Å². The second-order valence-corrected chi connectivity index (χ2v) is 3.40. The molecule has 0 fully saturated rings. The molecule has 0 radical (unpaired) electrons. The van der Waals surface area contributed by atoms with E-state index in [-0.39, 0.29) is 0 Å². The van der Waals surface area contributed by atoms with Gasteiger partial charge in [-0.2, -0.15) is 0 Å². The Morgan fingerprint density at radius 2 is 2.12 bits per heavy atom. The average Bonchev–Trinajstić information content (AvgIpc) is 2.30. The minimum atomic E-state index is 0.729. The van der Waals surface area contributed by atoms with Crippen LogP contribution in [0.1, 0.15) is 11.3 Å². The lowest BCUT2D eigenvalue weighted by molar-refractivity contribution is 0.343. The maximum atomic E-state index is 5.22. The topological polar surface area (TPSA) is 34.5 Å². The van der Waals surface area contributed by atoms with Gasteiger partial charge in [-0.1, -0.05) is 23.4 Å². The van der Waals surface area contributed by atoms with Gasteiger partial charge in [0, 0.05) is 6.20 Å². The molecule has 0 spiro atoms. The van der Waals surface area contributed by atoms with Gasteiger partial charge in [0.05, 0.1) is 11.9 Å². The lowest BCUT2D eigenvalue weighted by Crippen LogP contribution is -1.89. The third-order valence-corrected chi connectivity index (χ3v) is 2.02. The van der Waals surface area contributed by atoms with Crippen LogP contribution in [-0.2, 0) is 0 Å². The molecular weight excluding hydrogens is 200 g/mol. The summed E-state index contributed by atoms with van der Waals surface area (Å²) in [6, 6.07) is 13.4. The van der Waals surface area contributed by atoms with Crippen LogP contribution in [-0.4, -0.2) is 11.2 Å². The molecule has 0 unspecified atom stereocenters. The molecule has 0 saturated carbocycles. The Morgan fingerprint density at radius 3 is 2.88 bits per heavy atom. The summed E-state index contributed by atoms with van der Waals surface area (Å²) in [5.41, 5.74) is 1.92. The Labute approximate surface area is 94.4 Å². The van der Waals surface area contributed by atoms with Crippen LogP contribution >= 0.6 is 0 Å². The van der Waals surface area contributed by atoms with E-state index in [0.717, 1.165) is 17.0 Å². The molecule has 2 aromatic rings. The van der Waals surface area contributed by atoms with Crippen molar-refractivity contribution < 1.29 is 4.84 Å². The summed E-state index contributed by atoms with van der Waals surface area (Å²) in [6.45, 7) is 2.01. The second kappa shape index (κ2) is 5.07. The zero-order chi connectivity index (χ0) is 11.2. The number of hydrogen-bond acceptors (Lipinski definition) is 3. The molecule has 3 nitrogen and oxygen atoms in total. The van der Waals surface area contributed by atoms with Crippen LogP contribution in [0.4, 0.5) is 0 Å². The van der Waals surface area contributed by atoms with Crippen LogP contribution < -0.4 is 4.84 Å². The first-order valence-electron chi connectivity index (χ1n) is 5.03. The molecule has 16 heavy (non-hydrogen) atoms. The van der Waals surface area contributed by atoms with Crippen molar-refractivity contribution in [3.8, 4) is 5.75 Å². The van der Waals surface area contributed by atoms with Crippen molar-refractivity contribution in [2.45, 2.75) is 6.92 Å². The monoisotopic (exact) mass is 212 g/mol. The van der Waals surface area contributed by atoms with Crippen LogP contribution in [0, 0.1) is 6.92 Å². The van der Waals surface area contributed by atoms with Crippen LogP contribution in [0.2, 0.25) is 0 Å². The van der Waals surface area contributed by atoms with Gasteiger partial charge in [0.25, 0.3) is 0 Å². The molecule has 0 amide bonds. The summed E-state index contributed by atoms with van der Waals surface area (Å²) in [4.78, 5) is 9.32. The first kappa shape index (κ1) is 10.4.